The molecule has 0 unspecified atom stereocenters. The summed E-state index contributed by atoms with van der Waals surface area (Å²) in [4.78, 5) is 16.9. The molecule has 0 atom stereocenters. The lowest BCUT2D eigenvalue weighted by Gasteiger charge is -2.07. The first-order valence-electron chi connectivity index (χ1n) is 8.60. The number of nitrogens with one attached hydrogen (secondary N) is 1. The van der Waals surface area contributed by atoms with Crippen molar-refractivity contribution in [2.24, 2.45) is 0 Å². The van der Waals surface area contributed by atoms with Crippen molar-refractivity contribution >= 4 is 39.4 Å². The van der Waals surface area contributed by atoms with Crippen molar-refractivity contribution in [3.63, 3.8) is 0 Å². The molecule has 1 amide bonds. The van der Waals surface area contributed by atoms with Gasteiger partial charge in [0.1, 0.15) is 10.8 Å². The lowest BCUT2D eigenvalue weighted by atomic mass is 10.2. The van der Waals surface area contributed by atoms with Gasteiger partial charge >= 0.3 is 0 Å². The van der Waals surface area contributed by atoms with E-state index in [-0.39, 0.29) is 5.91 Å². The lowest BCUT2D eigenvalue weighted by molar-refractivity contribution is -0.111. The zero-order chi connectivity index (χ0) is 18.6. The van der Waals surface area contributed by atoms with E-state index in [2.05, 4.69) is 15.4 Å². The second kappa shape index (κ2) is 7.55. The Kier molecular flexibility index (Phi) is 4.80. The standard InChI is InChI=1S/C21H18N4OS/c1-15-13-19(25(24-15)14-16-7-3-2-4-8-16)23-20(26)11-12-21-22-17-9-5-6-10-18(17)27-21/h2-13H,14H2,1H3,(H,23,26). The van der Waals surface area contributed by atoms with Crippen LogP contribution in [-0.4, -0.2) is 20.7 Å². The Morgan fingerprint density at radius 3 is 2.74 bits per heavy atom. The Morgan fingerprint density at radius 1 is 1.15 bits per heavy atom. The van der Waals surface area contributed by atoms with Gasteiger partial charge in [-0.15, -0.1) is 11.3 Å². The summed E-state index contributed by atoms with van der Waals surface area (Å²) in [5.41, 5.74) is 2.93. The minimum atomic E-state index is -0.205. The average molecular weight is 374 g/mol. The highest BCUT2D eigenvalue weighted by Gasteiger charge is 2.08. The number of carbonyl (C=O) groups excluding carboxylic acids is 1. The summed E-state index contributed by atoms with van der Waals surface area (Å²) in [5, 5.41) is 8.19. The van der Waals surface area contributed by atoms with E-state index in [1.165, 1.54) is 6.08 Å². The molecule has 0 radical (unpaired) electrons. The second-order valence-corrected chi connectivity index (χ2v) is 7.22. The molecule has 2 aromatic carbocycles. The molecule has 27 heavy (non-hydrogen) atoms. The highest BCUT2D eigenvalue weighted by molar-refractivity contribution is 7.19. The molecule has 2 aromatic heterocycles. The largest absolute Gasteiger partial charge is 0.307 e. The second-order valence-electron chi connectivity index (χ2n) is 6.16. The minimum absolute atomic E-state index is 0.205. The summed E-state index contributed by atoms with van der Waals surface area (Å²) in [6, 6.07) is 19.8. The zero-order valence-corrected chi connectivity index (χ0v) is 15.6. The number of hydrogen-bond donors (Lipinski definition) is 1. The van der Waals surface area contributed by atoms with Gasteiger partial charge in [0.2, 0.25) is 5.91 Å². The van der Waals surface area contributed by atoms with Gasteiger partial charge in [0, 0.05) is 12.1 Å². The predicted octanol–water partition coefficient (Wildman–Crippen LogP) is 4.50. The Morgan fingerprint density at radius 2 is 1.93 bits per heavy atom. The van der Waals surface area contributed by atoms with Crippen molar-refractivity contribution in [1.82, 2.24) is 14.8 Å². The van der Waals surface area contributed by atoms with E-state index < -0.39 is 0 Å². The van der Waals surface area contributed by atoms with Gasteiger partial charge < -0.3 is 5.32 Å². The van der Waals surface area contributed by atoms with Crippen LogP contribution in [0.2, 0.25) is 0 Å². The Labute approximate surface area is 161 Å². The number of para-hydroxylation sites is 1. The summed E-state index contributed by atoms with van der Waals surface area (Å²) in [5.74, 6) is 0.471. The molecule has 4 rings (SSSR count). The number of anilines is 1. The number of fused-ring (bicyclic) bond motifs is 1. The quantitative estimate of drug-likeness (QED) is 0.523. The van der Waals surface area contributed by atoms with E-state index >= 15 is 0 Å². The number of benzene rings is 2. The fourth-order valence-corrected chi connectivity index (χ4v) is 3.67. The molecule has 0 spiro atoms. The number of nitrogens with zero attached hydrogens (tertiary/aromatic N) is 3. The first-order chi connectivity index (χ1) is 13.2. The number of amides is 1. The van der Waals surface area contributed by atoms with Crippen molar-refractivity contribution in [3.8, 4) is 0 Å². The van der Waals surface area contributed by atoms with Crippen LogP contribution in [0.4, 0.5) is 5.82 Å². The van der Waals surface area contributed by atoms with Crippen LogP contribution >= 0.6 is 11.3 Å². The van der Waals surface area contributed by atoms with Gasteiger partial charge in [-0.1, -0.05) is 42.5 Å². The van der Waals surface area contributed by atoms with Crippen molar-refractivity contribution in [1.29, 1.82) is 0 Å². The van der Waals surface area contributed by atoms with Crippen LogP contribution in [-0.2, 0) is 11.3 Å². The van der Waals surface area contributed by atoms with E-state index in [1.54, 1.807) is 22.1 Å². The van der Waals surface area contributed by atoms with Gasteiger partial charge in [-0.3, -0.25) is 4.79 Å². The topological polar surface area (TPSA) is 59.8 Å². The van der Waals surface area contributed by atoms with Crippen LogP contribution in [0.3, 0.4) is 0 Å². The third-order valence-corrected chi connectivity index (χ3v) is 5.02. The molecule has 5 nitrogen and oxygen atoms in total. The van der Waals surface area contributed by atoms with Gasteiger partial charge in [0.15, 0.2) is 0 Å². The van der Waals surface area contributed by atoms with Crippen LogP contribution in [0.25, 0.3) is 16.3 Å². The lowest BCUT2D eigenvalue weighted by Crippen LogP contribution is -2.13. The van der Waals surface area contributed by atoms with Crippen LogP contribution in [0.15, 0.2) is 66.7 Å². The molecule has 0 aliphatic carbocycles. The van der Waals surface area contributed by atoms with E-state index in [0.29, 0.717) is 12.4 Å². The normalized spacial score (nSPS) is 11.3. The molecular weight excluding hydrogens is 356 g/mol. The van der Waals surface area contributed by atoms with Crippen molar-refractivity contribution in [2.45, 2.75) is 13.5 Å². The Bertz CT molecular complexity index is 1080. The Hall–Kier alpha value is -3.25. The molecule has 0 saturated heterocycles. The number of aryl methyl sites for hydroxylation is 1. The van der Waals surface area contributed by atoms with Crippen LogP contribution < -0.4 is 5.32 Å². The Balaban J connectivity index is 1.47. The van der Waals surface area contributed by atoms with Crippen molar-refractivity contribution in [3.05, 3.63) is 83.0 Å². The fourth-order valence-electron chi connectivity index (χ4n) is 2.80. The summed E-state index contributed by atoms with van der Waals surface area (Å²) < 4.78 is 2.91. The number of aromatic nitrogens is 3. The zero-order valence-electron chi connectivity index (χ0n) is 14.8. The molecule has 1 N–H and O–H groups in total. The summed E-state index contributed by atoms with van der Waals surface area (Å²) >= 11 is 1.56. The van der Waals surface area contributed by atoms with Crippen LogP contribution in [0.1, 0.15) is 16.3 Å². The molecule has 0 bridgehead atoms. The smallest absolute Gasteiger partial charge is 0.249 e. The summed E-state index contributed by atoms with van der Waals surface area (Å²) in [7, 11) is 0. The minimum Gasteiger partial charge on any atom is -0.307 e. The highest BCUT2D eigenvalue weighted by Crippen LogP contribution is 2.22. The molecule has 0 fully saturated rings. The summed E-state index contributed by atoms with van der Waals surface area (Å²) in [6.07, 6.45) is 3.25. The van der Waals surface area contributed by atoms with Gasteiger partial charge in [0.25, 0.3) is 0 Å². The number of rotatable bonds is 5. The maximum atomic E-state index is 12.4. The fraction of sp³-hybridized carbons (Fsp3) is 0.0952. The molecule has 0 aliphatic rings. The maximum Gasteiger partial charge on any atom is 0.249 e. The van der Waals surface area contributed by atoms with Crippen molar-refractivity contribution < 1.29 is 4.79 Å². The third-order valence-electron chi connectivity index (χ3n) is 4.02. The van der Waals surface area contributed by atoms with Gasteiger partial charge in [0.05, 0.1) is 22.5 Å². The third kappa shape index (κ3) is 4.12. The number of carbonyl (C=O) groups is 1. The molecule has 4 aromatic rings. The van der Waals surface area contributed by atoms with E-state index in [9.17, 15) is 4.79 Å². The van der Waals surface area contributed by atoms with E-state index in [4.69, 9.17) is 0 Å². The average Bonchev–Trinajstić information content (AvgIpc) is 3.23. The van der Waals surface area contributed by atoms with Gasteiger partial charge in [-0.05, 0) is 30.7 Å². The summed E-state index contributed by atoms with van der Waals surface area (Å²) in [6.45, 7) is 2.51. The number of hydrogen-bond acceptors (Lipinski definition) is 4. The van der Waals surface area contributed by atoms with Crippen LogP contribution in [0.5, 0.6) is 0 Å². The SMILES string of the molecule is Cc1cc(NC(=O)C=Cc2nc3ccccc3s2)n(Cc2ccccc2)n1. The van der Waals surface area contributed by atoms with E-state index in [0.717, 1.165) is 26.5 Å². The number of thiazole rings is 1. The molecule has 134 valence electrons. The predicted molar refractivity (Wildman–Crippen MR) is 110 cm³/mol. The first kappa shape index (κ1) is 17.2. The molecular formula is C21H18N4OS. The van der Waals surface area contributed by atoms with Gasteiger partial charge in [-0.2, -0.15) is 5.10 Å². The maximum absolute atomic E-state index is 12.4. The molecule has 0 saturated carbocycles. The monoisotopic (exact) mass is 374 g/mol. The van der Waals surface area contributed by atoms with Crippen molar-refractivity contribution in [2.75, 3.05) is 5.32 Å². The molecule has 2 heterocycles. The van der Waals surface area contributed by atoms with E-state index in [1.807, 2.05) is 67.6 Å². The first-order valence-corrected chi connectivity index (χ1v) is 9.42. The molecule has 6 heteroatoms. The highest BCUT2D eigenvalue weighted by atomic mass is 32.1. The molecule has 0 aliphatic heterocycles. The van der Waals surface area contributed by atoms with Crippen LogP contribution in [0, 0.1) is 6.92 Å². The van der Waals surface area contributed by atoms with Gasteiger partial charge in [-0.25, -0.2) is 9.67 Å².